The van der Waals surface area contributed by atoms with Crippen LogP contribution in [-0.4, -0.2) is 9.97 Å². The van der Waals surface area contributed by atoms with E-state index in [9.17, 15) is 4.39 Å². The van der Waals surface area contributed by atoms with E-state index in [1.54, 1.807) is 12.4 Å². The molecule has 4 heteroatoms. The van der Waals surface area contributed by atoms with Crippen LogP contribution < -0.4 is 5.73 Å². The van der Waals surface area contributed by atoms with Gasteiger partial charge in [-0.25, -0.2) is 4.39 Å². The summed E-state index contributed by atoms with van der Waals surface area (Å²) in [6.45, 7) is 0.404. The van der Waals surface area contributed by atoms with Gasteiger partial charge in [-0.15, -0.1) is 0 Å². The van der Waals surface area contributed by atoms with Gasteiger partial charge in [-0.2, -0.15) is 0 Å². The maximum atomic E-state index is 12.9. The Morgan fingerprint density at radius 1 is 1.13 bits per heavy atom. The molecule has 0 aromatic carbocycles. The average Bonchev–Trinajstić information content (AvgIpc) is 2.29. The van der Waals surface area contributed by atoms with Crippen molar-refractivity contribution in [1.82, 2.24) is 9.97 Å². The van der Waals surface area contributed by atoms with E-state index in [2.05, 4.69) is 9.97 Å². The van der Waals surface area contributed by atoms with E-state index in [1.807, 2.05) is 12.1 Å². The van der Waals surface area contributed by atoms with Crippen molar-refractivity contribution in [3.8, 4) is 11.1 Å². The molecule has 0 saturated carbocycles. The minimum absolute atomic E-state index is 0.351. The average molecular weight is 203 g/mol. The molecule has 15 heavy (non-hydrogen) atoms. The Labute approximate surface area is 86.8 Å². The summed E-state index contributed by atoms with van der Waals surface area (Å²) in [6.07, 6.45) is 4.44. The van der Waals surface area contributed by atoms with E-state index in [4.69, 9.17) is 5.73 Å². The second-order valence-electron chi connectivity index (χ2n) is 3.13. The summed E-state index contributed by atoms with van der Waals surface area (Å²) in [6, 6.07) is 5.10. The monoisotopic (exact) mass is 203 g/mol. The smallest absolute Gasteiger partial charge is 0.142 e. The second kappa shape index (κ2) is 4.14. The molecule has 0 aliphatic rings. The summed E-state index contributed by atoms with van der Waals surface area (Å²) in [5.41, 5.74) is 7.78. The zero-order valence-corrected chi connectivity index (χ0v) is 8.02. The zero-order chi connectivity index (χ0) is 10.7. The van der Waals surface area contributed by atoms with E-state index in [1.165, 1.54) is 12.3 Å². The van der Waals surface area contributed by atoms with Gasteiger partial charge < -0.3 is 5.73 Å². The lowest BCUT2D eigenvalue weighted by Gasteiger charge is -2.01. The number of nitrogens with two attached hydrogens (primary N) is 1. The number of aromatic nitrogens is 2. The van der Waals surface area contributed by atoms with Crippen LogP contribution in [0.4, 0.5) is 4.39 Å². The van der Waals surface area contributed by atoms with Gasteiger partial charge in [-0.05, 0) is 12.1 Å². The third-order valence-electron chi connectivity index (χ3n) is 2.07. The van der Waals surface area contributed by atoms with E-state index in [-0.39, 0.29) is 5.82 Å². The highest BCUT2D eigenvalue weighted by Gasteiger charge is 2.00. The predicted molar refractivity (Wildman–Crippen MR) is 55.3 cm³/mol. The zero-order valence-electron chi connectivity index (χ0n) is 8.02. The standard InChI is InChI=1S/C11H10FN3/c12-10-3-9(5-14-7-10)8-1-2-11(4-13)15-6-8/h1-3,5-7H,4,13H2. The maximum Gasteiger partial charge on any atom is 0.142 e. The lowest BCUT2D eigenvalue weighted by Crippen LogP contribution is -1.98. The van der Waals surface area contributed by atoms with Crippen molar-refractivity contribution in [2.24, 2.45) is 5.73 Å². The van der Waals surface area contributed by atoms with Gasteiger partial charge in [0.2, 0.25) is 0 Å². The van der Waals surface area contributed by atoms with Gasteiger partial charge in [-0.1, -0.05) is 6.07 Å². The molecule has 0 unspecified atom stereocenters. The number of halogens is 1. The van der Waals surface area contributed by atoms with Crippen molar-refractivity contribution < 1.29 is 4.39 Å². The number of nitrogens with zero attached hydrogens (tertiary/aromatic N) is 2. The molecule has 2 aromatic heterocycles. The normalized spacial score (nSPS) is 10.3. The molecule has 2 aromatic rings. The summed E-state index contributed by atoms with van der Waals surface area (Å²) in [4.78, 5) is 7.90. The summed E-state index contributed by atoms with van der Waals surface area (Å²) in [5, 5.41) is 0. The third-order valence-corrected chi connectivity index (χ3v) is 2.07. The first kappa shape index (κ1) is 9.73. The minimum Gasteiger partial charge on any atom is -0.325 e. The van der Waals surface area contributed by atoms with Crippen LogP contribution in [0.1, 0.15) is 5.69 Å². The predicted octanol–water partition coefficient (Wildman–Crippen LogP) is 1.74. The lowest BCUT2D eigenvalue weighted by atomic mass is 10.1. The molecule has 0 spiro atoms. The second-order valence-corrected chi connectivity index (χ2v) is 3.13. The van der Waals surface area contributed by atoms with Gasteiger partial charge in [0.25, 0.3) is 0 Å². The van der Waals surface area contributed by atoms with Crippen LogP contribution in [0.3, 0.4) is 0 Å². The summed E-state index contributed by atoms with van der Waals surface area (Å²) < 4.78 is 12.9. The molecule has 2 heterocycles. The Morgan fingerprint density at radius 3 is 2.60 bits per heavy atom. The quantitative estimate of drug-likeness (QED) is 0.808. The van der Waals surface area contributed by atoms with Crippen molar-refractivity contribution in [2.45, 2.75) is 6.54 Å². The van der Waals surface area contributed by atoms with Crippen LogP contribution in [0.2, 0.25) is 0 Å². The minimum atomic E-state index is -0.351. The molecule has 0 aliphatic carbocycles. The van der Waals surface area contributed by atoms with Gasteiger partial charge in [0.1, 0.15) is 5.82 Å². The SMILES string of the molecule is NCc1ccc(-c2cncc(F)c2)cn1. The van der Waals surface area contributed by atoms with Crippen molar-refractivity contribution in [3.05, 3.63) is 48.3 Å². The number of hydrogen-bond acceptors (Lipinski definition) is 3. The van der Waals surface area contributed by atoms with E-state index >= 15 is 0 Å². The van der Waals surface area contributed by atoms with Crippen LogP contribution in [0, 0.1) is 5.82 Å². The fourth-order valence-corrected chi connectivity index (χ4v) is 1.29. The van der Waals surface area contributed by atoms with Gasteiger partial charge in [0, 0.05) is 30.1 Å². The molecule has 0 amide bonds. The van der Waals surface area contributed by atoms with Crippen molar-refractivity contribution in [1.29, 1.82) is 0 Å². The summed E-state index contributed by atoms with van der Waals surface area (Å²) >= 11 is 0. The molecule has 2 N–H and O–H groups in total. The molecule has 0 aliphatic heterocycles. The van der Waals surface area contributed by atoms with Crippen LogP contribution in [0.25, 0.3) is 11.1 Å². The molecule has 0 atom stereocenters. The first-order valence-electron chi connectivity index (χ1n) is 4.55. The van der Waals surface area contributed by atoms with E-state index in [0.717, 1.165) is 11.3 Å². The Balaban J connectivity index is 2.37. The van der Waals surface area contributed by atoms with Crippen molar-refractivity contribution in [3.63, 3.8) is 0 Å². The van der Waals surface area contributed by atoms with Gasteiger partial charge >= 0.3 is 0 Å². The van der Waals surface area contributed by atoms with Gasteiger partial charge in [0.05, 0.1) is 11.9 Å². The van der Waals surface area contributed by atoms with E-state index < -0.39 is 0 Å². The molecule has 3 nitrogen and oxygen atoms in total. The molecule has 0 saturated heterocycles. The lowest BCUT2D eigenvalue weighted by molar-refractivity contribution is 0.622. The largest absolute Gasteiger partial charge is 0.325 e. The number of rotatable bonds is 2. The van der Waals surface area contributed by atoms with Crippen LogP contribution in [0.5, 0.6) is 0 Å². The molecule has 0 radical (unpaired) electrons. The van der Waals surface area contributed by atoms with E-state index in [0.29, 0.717) is 12.1 Å². The molecule has 0 bridgehead atoms. The highest BCUT2D eigenvalue weighted by molar-refractivity contribution is 5.61. The van der Waals surface area contributed by atoms with Crippen LogP contribution >= 0.6 is 0 Å². The third kappa shape index (κ3) is 2.16. The van der Waals surface area contributed by atoms with Crippen LogP contribution in [-0.2, 0) is 6.54 Å². The first-order chi connectivity index (χ1) is 7.29. The number of pyridine rings is 2. The number of hydrogen-bond donors (Lipinski definition) is 1. The maximum absolute atomic E-state index is 12.9. The molecular weight excluding hydrogens is 193 g/mol. The van der Waals surface area contributed by atoms with Crippen LogP contribution in [0.15, 0.2) is 36.8 Å². The molecule has 76 valence electrons. The Bertz CT molecular complexity index is 454. The Kier molecular flexibility index (Phi) is 2.69. The Morgan fingerprint density at radius 2 is 2.00 bits per heavy atom. The van der Waals surface area contributed by atoms with Crippen molar-refractivity contribution in [2.75, 3.05) is 0 Å². The van der Waals surface area contributed by atoms with Gasteiger partial charge in [-0.3, -0.25) is 9.97 Å². The highest BCUT2D eigenvalue weighted by atomic mass is 19.1. The van der Waals surface area contributed by atoms with Gasteiger partial charge in [0.15, 0.2) is 0 Å². The molecule has 0 fully saturated rings. The van der Waals surface area contributed by atoms with Crippen molar-refractivity contribution >= 4 is 0 Å². The molecule has 2 rings (SSSR count). The Hall–Kier alpha value is -1.81. The fraction of sp³-hybridized carbons (Fsp3) is 0.0909. The summed E-state index contributed by atoms with van der Waals surface area (Å²) in [7, 11) is 0. The highest BCUT2D eigenvalue weighted by Crippen LogP contribution is 2.17. The fourth-order valence-electron chi connectivity index (χ4n) is 1.29. The summed E-state index contributed by atoms with van der Waals surface area (Å²) in [5.74, 6) is -0.351. The molecular formula is C11H10FN3. The topological polar surface area (TPSA) is 51.8 Å². The first-order valence-corrected chi connectivity index (χ1v) is 4.55.